The van der Waals surface area contributed by atoms with Crippen LogP contribution in [-0.4, -0.2) is 4.98 Å². The summed E-state index contributed by atoms with van der Waals surface area (Å²) >= 11 is 3.43. The Balaban J connectivity index is 1.87. The molecule has 2 heterocycles. The molecule has 0 fully saturated rings. The third-order valence-corrected chi connectivity index (χ3v) is 3.59. The van der Waals surface area contributed by atoms with Gasteiger partial charge < -0.3 is 5.32 Å². The van der Waals surface area contributed by atoms with Crippen molar-refractivity contribution in [2.45, 2.75) is 19.5 Å². The maximum Gasteiger partial charge on any atom is 0.0794 e. The third kappa shape index (κ3) is 2.41. The Kier molecular flexibility index (Phi) is 3.29. The molecule has 2 rings (SSSR count). The van der Waals surface area contributed by atoms with Gasteiger partial charge in [0.2, 0.25) is 0 Å². The van der Waals surface area contributed by atoms with Crippen LogP contribution in [0.25, 0.3) is 0 Å². The molecule has 74 valence electrons. The zero-order valence-electron chi connectivity index (χ0n) is 7.93. The minimum absolute atomic E-state index is 0.420. The van der Waals surface area contributed by atoms with Crippen LogP contribution in [0, 0.1) is 0 Å². The summed E-state index contributed by atoms with van der Waals surface area (Å²) in [6, 6.07) is 2.58. The number of hydrogen-bond acceptors (Lipinski definition) is 4. The van der Waals surface area contributed by atoms with Gasteiger partial charge in [-0.1, -0.05) is 0 Å². The Morgan fingerprint density at radius 2 is 2.50 bits per heavy atom. The van der Waals surface area contributed by atoms with Gasteiger partial charge in [0.25, 0.3) is 0 Å². The highest BCUT2D eigenvalue weighted by Gasteiger charge is 2.04. The topological polar surface area (TPSA) is 24.9 Å². The molecule has 1 atom stereocenters. The highest BCUT2D eigenvalue weighted by molar-refractivity contribution is 7.09. The van der Waals surface area contributed by atoms with E-state index in [-0.39, 0.29) is 0 Å². The van der Waals surface area contributed by atoms with Gasteiger partial charge in [0, 0.05) is 23.7 Å². The van der Waals surface area contributed by atoms with E-state index in [1.165, 1.54) is 10.4 Å². The fraction of sp³-hybridized carbons (Fsp3) is 0.300. The van der Waals surface area contributed by atoms with Crippen LogP contribution in [0.4, 0.5) is 0 Å². The summed E-state index contributed by atoms with van der Waals surface area (Å²) in [5, 5.41) is 7.76. The molecular formula is C10H12N2S2. The zero-order valence-corrected chi connectivity index (χ0v) is 9.57. The van der Waals surface area contributed by atoms with Crippen molar-refractivity contribution in [3.8, 4) is 0 Å². The van der Waals surface area contributed by atoms with E-state index in [0.717, 1.165) is 6.54 Å². The SMILES string of the molecule is CC(NCc1cncs1)c1ccsc1. The Morgan fingerprint density at radius 3 is 3.14 bits per heavy atom. The maximum atomic E-state index is 4.04. The molecule has 1 unspecified atom stereocenters. The first-order valence-corrected chi connectivity index (χ1v) is 6.31. The molecule has 1 N–H and O–H groups in total. The van der Waals surface area contributed by atoms with Gasteiger partial charge in [-0.25, -0.2) is 0 Å². The first-order valence-electron chi connectivity index (χ1n) is 4.49. The number of hydrogen-bond donors (Lipinski definition) is 1. The van der Waals surface area contributed by atoms with Gasteiger partial charge in [-0.2, -0.15) is 11.3 Å². The van der Waals surface area contributed by atoms with Gasteiger partial charge in [-0.3, -0.25) is 4.98 Å². The predicted molar refractivity (Wildman–Crippen MR) is 61.7 cm³/mol. The molecule has 2 aromatic rings. The molecular weight excluding hydrogens is 212 g/mol. The van der Waals surface area contributed by atoms with Crippen LogP contribution < -0.4 is 5.32 Å². The van der Waals surface area contributed by atoms with Crippen molar-refractivity contribution in [1.82, 2.24) is 10.3 Å². The molecule has 0 saturated carbocycles. The van der Waals surface area contributed by atoms with Crippen molar-refractivity contribution >= 4 is 22.7 Å². The number of rotatable bonds is 4. The van der Waals surface area contributed by atoms with E-state index >= 15 is 0 Å². The van der Waals surface area contributed by atoms with Crippen LogP contribution in [0.2, 0.25) is 0 Å². The second-order valence-corrected chi connectivity index (χ2v) is 4.88. The van der Waals surface area contributed by atoms with Crippen molar-refractivity contribution in [3.05, 3.63) is 39.0 Å². The summed E-state index contributed by atoms with van der Waals surface area (Å²) in [4.78, 5) is 5.33. The molecule has 0 bridgehead atoms. The van der Waals surface area contributed by atoms with Gasteiger partial charge in [0.15, 0.2) is 0 Å². The second kappa shape index (κ2) is 4.68. The van der Waals surface area contributed by atoms with Crippen LogP contribution in [0.1, 0.15) is 23.4 Å². The van der Waals surface area contributed by atoms with Crippen molar-refractivity contribution in [3.63, 3.8) is 0 Å². The monoisotopic (exact) mass is 224 g/mol. The summed E-state index contributed by atoms with van der Waals surface area (Å²) in [5.41, 5.74) is 3.23. The lowest BCUT2D eigenvalue weighted by atomic mass is 10.2. The fourth-order valence-electron chi connectivity index (χ4n) is 1.22. The highest BCUT2D eigenvalue weighted by atomic mass is 32.1. The van der Waals surface area contributed by atoms with Crippen LogP contribution in [0.15, 0.2) is 28.5 Å². The first kappa shape index (κ1) is 9.83. The summed E-state index contributed by atoms with van der Waals surface area (Å²) < 4.78 is 0. The van der Waals surface area contributed by atoms with Gasteiger partial charge in [0.1, 0.15) is 0 Å². The largest absolute Gasteiger partial charge is 0.305 e. The quantitative estimate of drug-likeness (QED) is 0.863. The molecule has 0 saturated heterocycles. The zero-order chi connectivity index (χ0) is 9.80. The maximum absolute atomic E-state index is 4.04. The normalized spacial score (nSPS) is 12.9. The first-order chi connectivity index (χ1) is 6.86. The lowest BCUT2D eigenvalue weighted by Crippen LogP contribution is -2.16. The highest BCUT2D eigenvalue weighted by Crippen LogP contribution is 2.16. The number of thiophene rings is 1. The molecule has 2 aromatic heterocycles. The lowest BCUT2D eigenvalue weighted by Gasteiger charge is -2.10. The van der Waals surface area contributed by atoms with Crippen molar-refractivity contribution in [2.75, 3.05) is 0 Å². The molecule has 2 nitrogen and oxygen atoms in total. The fourth-order valence-corrected chi connectivity index (χ4v) is 2.52. The average Bonchev–Trinajstić information content (AvgIpc) is 2.87. The smallest absolute Gasteiger partial charge is 0.0794 e. The minimum atomic E-state index is 0.420. The van der Waals surface area contributed by atoms with Crippen LogP contribution in [0.5, 0.6) is 0 Å². The average molecular weight is 224 g/mol. The van der Waals surface area contributed by atoms with E-state index in [1.54, 1.807) is 22.7 Å². The summed E-state index contributed by atoms with van der Waals surface area (Å²) in [6.45, 7) is 3.09. The van der Waals surface area contributed by atoms with Gasteiger partial charge >= 0.3 is 0 Å². The van der Waals surface area contributed by atoms with Crippen molar-refractivity contribution in [1.29, 1.82) is 0 Å². The molecule has 0 aliphatic carbocycles. The Morgan fingerprint density at radius 1 is 1.57 bits per heavy atom. The summed E-state index contributed by atoms with van der Waals surface area (Å²) in [6.07, 6.45) is 1.91. The third-order valence-electron chi connectivity index (χ3n) is 2.11. The van der Waals surface area contributed by atoms with Gasteiger partial charge in [-0.15, -0.1) is 11.3 Å². The number of nitrogens with one attached hydrogen (secondary N) is 1. The minimum Gasteiger partial charge on any atom is -0.305 e. The van der Waals surface area contributed by atoms with E-state index in [1.807, 2.05) is 11.7 Å². The molecule has 0 aliphatic rings. The van der Waals surface area contributed by atoms with Crippen LogP contribution in [0.3, 0.4) is 0 Å². The summed E-state index contributed by atoms with van der Waals surface area (Å²) in [7, 11) is 0. The van der Waals surface area contributed by atoms with Gasteiger partial charge in [0.05, 0.1) is 5.51 Å². The number of aromatic nitrogens is 1. The number of nitrogens with zero attached hydrogens (tertiary/aromatic N) is 1. The van der Waals surface area contributed by atoms with E-state index < -0.39 is 0 Å². The Bertz CT molecular complexity index is 353. The van der Waals surface area contributed by atoms with E-state index in [9.17, 15) is 0 Å². The standard InChI is InChI=1S/C10H12N2S2/c1-8(9-2-3-13-6-9)12-5-10-4-11-7-14-10/h2-4,6-8,12H,5H2,1H3. The Hall–Kier alpha value is -0.710. The van der Waals surface area contributed by atoms with Crippen molar-refractivity contribution < 1.29 is 0 Å². The molecule has 14 heavy (non-hydrogen) atoms. The van der Waals surface area contributed by atoms with Crippen LogP contribution in [-0.2, 0) is 6.54 Å². The van der Waals surface area contributed by atoms with Crippen LogP contribution >= 0.6 is 22.7 Å². The van der Waals surface area contributed by atoms with E-state index in [4.69, 9.17) is 0 Å². The molecule has 0 radical (unpaired) electrons. The number of thiazole rings is 1. The summed E-state index contributed by atoms with van der Waals surface area (Å²) in [5.74, 6) is 0. The predicted octanol–water partition coefficient (Wildman–Crippen LogP) is 3.06. The second-order valence-electron chi connectivity index (χ2n) is 3.13. The lowest BCUT2D eigenvalue weighted by molar-refractivity contribution is 0.580. The molecule has 0 aliphatic heterocycles. The van der Waals surface area contributed by atoms with E-state index in [0.29, 0.717) is 6.04 Å². The van der Waals surface area contributed by atoms with E-state index in [2.05, 4.69) is 34.1 Å². The molecule has 4 heteroatoms. The van der Waals surface area contributed by atoms with Gasteiger partial charge in [-0.05, 0) is 29.3 Å². The Labute approximate surface area is 91.6 Å². The molecule has 0 spiro atoms. The molecule has 0 amide bonds. The molecule has 0 aromatic carbocycles. The van der Waals surface area contributed by atoms with Crippen molar-refractivity contribution in [2.24, 2.45) is 0 Å².